The molecular formula is C19H24F2N6O2. The van der Waals surface area contributed by atoms with Gasteiger partial charge in [-0.25, -0.2) is 4.68 Å². The van der Waals surface area contributed by atoms with Crippen LogP contribution in [-0.2, 0) is 11.3 Å². The van der Waals surface area contributed by atoms with Crippen LogP contribution in [0.15, 0.2) is 30.6 Å². The fraction of sp³-hybridized carbons (Fsp3) is 0.474. The Morgan fingerprint density at radius 2 is 2.10 bits per heavy atom. The zero-order valence-corrected chi connectivity index (χ0v) is 16.8. The molecule has 0 aliphatic heterocycles. The van der Waals surface area contributed by atoms with E-state index < -0.39 is 24.0 Å². The molecule has 0 radical (unpaired) electrons. The average molecular weight is 406 g/mol. The third-order valence-corrected chi connectivity index (χ3v) is 4.61. The lowest BCUT2D eigenvalue weighted by Gasteiger charge is -2.26. The number of nitrogens with one attached hydrogen (secondary N) is 1. The number of benzene rings is 1. The number of nitrogens with zero attached hydrogens (tertiary/aromatic N) is 5. The summed E-state index contributed by atoms with van der Waals surface area (Å²) in [6.07, 6.45) is 3.64. The van der Waals surface area contributed by atoms with E-state index in [1.807, 2.05) is 26.1 Å². The molecule has 3 rings (SSSR count). The number of aromatic nitrogens is 5. The van der Waals surface area contributed by atoms with E-state index in [0.29, 0.717) is 24.6 Å². The number of ether oxygens (including phenoxy) is 1. The lowest BCUT2D eigenvalue weighted by Crippen LogP contribution is -2.48. The molecule has 0 saturated carbocycles. The normalized spacial score (nSPS) is 14.0. The number of amides is 1. The van der Waals surface area contributed by atoms with Gasteiger partial charge in [0.25, 0.3) is 5.91 Å². The summed E-state index contributed by atoms with van der Waals surface area (Å²) in [5.74, 6) is -4.24. The second kappa shape index (κ2) is 8.14. The van der Waals surface area contributed by atoms with Gasteiger partial charge >= 0.3 is 5.92 Å². The van der Waals surface area contributed by atoms with Gasteiger partial charge in [0.05, 0.1) is 24.0 Å². The minimum atomic E-state index is -3.43. The van der Waals surface area contributed by atoms with E-state index in [-0.39, 0.29) is 0 Å². The van der Waals surface area contributed by atoms with Crippen molar-refractivity contribution >= 4 is 16.9 Å². The van der Waals surface area contributed by atoms with Crippen molar-refractivity contribution in [1.29, 1.82) is 0 Å². The summed E-state index contributed by atoms with van der Waals surface area (Å²) in [6, 6.07) is 4.72. The Morgan fingerprint density at radius 3 is 2.72 bits per heavy atom. The first kappa shape index (κ1) is 20.7. The van der Waals surface area contributed by atoms with E-state index in [1.165, 1.54) is 0 Å². The van der Waals surface area contributed by atoms with Crippen molar-refractivity contribution in [1.82, 2.24) is 30.1 Å². The molecule has 2 atom stereocenters. The molecule has 0 spiro atoms. The number of fused-ring (bicyclic) bond motifs is 1. The zero-order chi connectivity index (χ0) is 21.2. The van der Waals surface area contributed by atoms with Crippen molar-refractivity contribution in [3.8, 4) is 11.4 Å². The molecule has 0 fully saturated rings. The number of halogens is 2. The highest BCUT2D eigenvalue weighted by atomic mass is 19.3. The first-order valence-electron chi connectivity index (χ1n) is 9.46. The molecule has 0 aliphatic rings. The van der Waals surface area contributed by atoms with Gasteiger partial charge in [0.15, 0.2) is 0 Å². The monoisotopic (exact) mass is 406 g/mol. The number of aryl methyl sites for hydroxylation is 1. The van der Waals surface area contributed by atoms with Gasteiger partial charge in [-0.15, -0.1) is 5.10 Å². The molecule has 1 amide bonds. The van der Waals surface area contributed by atoms with E-state index >= 15 is 0 Å². The molecule has 0 unspecified atom stereocenters. The zero-order valence-electron chi connectivity index (χ0n) is 16.8. The Hall–Kier alpha value is -3.04. The van der Waals surface area contributed by atoms with Crippen LogP contribution in [-0.4, -0.2) is 48.7 Å². The third-order valence-electron chi connectivity index (χ3n) is 4.61. The molecule has 2 heterocycles. The Morgan fingerprint density at radius 1 is 1.34 bits per heavy atom. The molecule has 1 N–H and O–H groups in total. The molecule has 0 aliphatic carbocycles. The highest BCUT2D eigenvalue weighted by molar-refractivity contribution is 5.83. The number of carbonyl (C=O) groups is 1. The number of rotatable bonds is 8. The van der Waals surface area contributed by atoms with Crippen LogP contribution in [0.4, 0.5) is 8.78 Å². The fourth-order valence-corrected chi connectivity index (χ4v) is 2.94. The van der Waals surface area contributed by atoms with Crippen LogP contribution in [0.3, 0.4) is 0 Å². The van der Waals surface area contributed by atoms with Crippen molar-refractivity contribution in [3.63, 3.8) is 0 Å². The summed E-state index contributed by atoms with van der Waals surface area (Å²) >= 11 is 0. The van der Waals surface area contributed by atoms with Crippen LogP contribution < -0.4 is 10.1 Å². The van der Waals surface area contributed by atoms with E-state index in [4.69, 9.17) is 4.74 Å². The summed E-state index contributed by atoms with van der Waals surface area (Å²) in [6.45, 7) is 6.81. The van der Waals surface area contributed by atoms with Crippen LogP contribution in [0.25, 0.3) is 16.7 Å². The second-order valence-electron chi connectivity index (χ2n) is 6.92. The second-order valence-corrected chi connectivity index (χ2v) is 6.92. The average Bonchev–Trinajstić information content (AvgIpc) is 3.31. The van der Waals surface area contributed by atoms with E-state index in [9.17, 15) is 13.6 Å². The lowest BCUT2D eigenvalue weighted by atomic mass is 10.1. The Kier molecular flexibility index (Phi) is 5.81. The molecule has 3 aromatic rings. The summed E-state index contributed by atoms with van der Waals surface area (Å²) in [5, 5.41) is 14.9. The van der Waals surface area contributed by atoms with Gasteiger partial charge < -0.3 is 10.1 Å². The number of hydrogen-bond acceptors (Lipinski definition) is 5. The van der Waals surface area contributed by atoms with Crippen LogP contribution >= 0.6 is 0 Å². The highest BCUT2D eigenvalue weighted by Gasteiger charge is 2.34. The van der Waals surface area contributed by atoms with Crippen LogP contribution in [0.5, 0.6) is 5.75 Å². The van der Waals surface area contributed by atoms with E-state index in [1.54, 1.807) is 34.6 Å². The van der Waals surface area contributed by atoms with Gasteiger partial charge in [-0.2, -0.15) is 13.9 Å². The number of alkyl halides is 2. The summed E-state index contributed by atoms with van der Waals surface area (Å²) in [7, 11) is 0. The van der Waals surface area contributed by atoms with Crippen molar-refractivity contribution in [2.75, 3.05) is 0 Å². The standard InChI is InChI=1S/C19H24F2N6O2/c1-5-17(12(3)23-18(28)19(4,20)21)29-14-7-8-16-15(9-14)24-25-27(16)13-10-22-26(6-2)11-13/h7-12,17H,5-6H2,1-4H3,(H,23,28)/t12-,17+/m0/s1. The molecule has 29 heavy (non-hydrogen) atoms. The molecule has 1 aromatic carbocycles. The smallest absolute Gasteiger partial charge is 0.321 e. The fourth-order valence-electron chi connectivity index (χ4n) is 2.94. The Balaban J connectivity index is 1.77. The van der Waals surface area contributed by atoms with Crippen LogP contribution in [0, 0.1) is 0 Å². The first-order chi connectivity index (χ1) is 13.7. The minimum absolute atomic E-state index is 0.475. The van der Waals surface area contributed by atoms with Gasteiger partial charge in [0.2, 0.25) is 0 Å². The van der Waals surface area contributed by atoms with Gasteiger partial charge in [0, 0.05) is 19.5 Å². The first-order valence-corrected chi connectivity index (χ1v) is 9.46. The summed E-state index contributed by atoms with van der Waals surface area (Å²) < 4.78 is 35.7. The maximum Gasteiger partial charge on any atom is 0.321 e. The third kappa shape index (κ3) is 4.52. The molecule has 8 nitrogen and oxygen atoms in total. The van der Waals surface area contributed by atoms with E-state index in [2.05, 4.69) is 20.7 Å². The topological polar surface area (TPSA) is 86.9 Å². The molecule has 0 saturated heterocycles. The Labute approximate surface area is 166 Å². The molecule has 156 valence electrons. The van der Waals surface area contributed by atoms with E-state index in [0.717, 1.165) is 17.7 Å². The van der Waals surface area contributed by atoms with Crippen molar-refractivity contribution in [3.05, 3.63) is 30.6 Å². The summed E-state index contributed by atoms with van der Waals surface area (Å²) in [4.78, 5) is 11.5. The van der Waals surface area contributed by atoms with Gasteiger partial charge in [-0.05, 0) is 32.4 Å². The van der Waals surface area contributed by atoms with Crippen LogP contribution in [0.2, 0.25) is 0 Å². The van der Waals surface area contributed by atoms with Gasteiger partial charge in [-0.1, -0.05) is 12.1 Å². The summed E-state index contributed by atoms with van der Waals surface area (Å²) in [5.41, 5.74) is 2.21. The number of carbonyl (C=O) groups excluding carboxylic acids is 1. The van der Waals surface area contributed by atoms with Crippen molar-refractivity contribution in [2.45, 2.75) is 58.7 Å². The SMILES string of the molecule is CC[C@@H](Oc1ccc2c(c1)nnn2-c1cnn(CC)c1)[C@H](C)NC(=O)C(C)(F)F. The highest BCUT2D eigenvalue weighted by Crippen LogP contribution is 2.23. The van der Waals surface area contributed by atoms with Gasteiger partial charge in [0.1, 0.15) is 23.1 Å². The molecule has 0 bridgehead atoms. The lowest BCUT2D eigenvalue weighted by molar-refractivity contribution is -0.144. The largest absolute Gasteiger partial charge is 0.488 e. The maximum atomic E-state index is 13.1. The molecule has 2 aromatic heterocycles. The Bertz CT molecular complexity index is 994. The van der Waals surface area contributed by atoms with Crippen LogP contribution in [0.1, 0.15) is 34.1 Å². The maximum absolute atomic E-state index is 13.1. The predicted molar refractivity (Wildman–Crippen MR) is 103 cm³/mol. The van der Waals surface area contributed by atoms with Gasteiger partial charge in [-0.3, -0.25) is 9.48 Å². The minimum Gasteiger partial charge on any atom is -0.488 e. The van der Waals surface area contributed by atoms with Crippen molar-refractivity contribution < 1.29 is 18.3 Å². The quantitative estimate of drug-likeness (QED) is 0.622. The number of hydrogen-bond donors (Lipinski definition) is 1. The predicted octanol–water partition coefficient (Wildman–Crippen LogP) is 2.95. The van der Waals surface area contributed by atoms with Crippen molar-refractivity contribution in [2.24, 2.45) is 0 Å². The molecule has 10 heteroatoms. The molecular weight excluding hydrogens is 382 g/mol.